The Bertz CT molecular complexity index is 644. The quantitative estimate of drug-likeness (QED) is 0.891. The zero-order valence-corrected chi connectivity index (χ0v) is 15.0. The number of amides is 2. The molecule has 0 unspecified atom stereocenters. The number of anilines is 1. The highest BCUT2D eigenvalue weighted by molar-refractivity contribution is 7.14. The first kappa shape index (κ1) is 16.1. The third kappa shape index (κ3) is 3.08. The van der Waals surface area contributed by atoms with Crippen LogP contribution in [0.5, 0.6) is 0 Å². The van der Waals surface area contributed by atoms with E-state index in [1.807, 2.05) is 5.38 Å². The second-order valence-electron chi connectivity index (χ2n) is 7.64. The Hall–Kier alpha value is -1.43. The molecule has 1 aromatic rings. The lowest BCUT2D eigenvalue weighted by molar-refractivity contribution is -0.121. The Balaban J connectivity index is 1.31. The van der Waals surface area contributed by atoms with Gasteiger partial charge in [-0.15, -0.1) is 11.3 Å². The first-order valence-electron chi connectivity index (χ1n) is 9.14. The predicted molar refractivity (Wildman–Crippen MR) is 93.9 cm³/mol. The van der Waals surface area contributed by atoms with Crippen LogP contribution in [-0.2, 0) is 16.0 Å². The highest BCUT2D eigenvalue weighted by Gasteiger charge is 2.42. The molecule has 0 spiro atoms. The summed E-state index contributed by atoms with van der Waals surface area (Å²) in [6.07, 6.45) is 7.19. The van der Waals surface area contributed by atoms with Crippen LogP contribution in [0.2, 0.25) is 0 Å². The molecule has 1 N–H and O–H groups in total. The van der Waals surface area contributed by atoms with E-state index in [-0.39, 0.29) is 17.9 Å². The fourth-order valence-corrected chi connectivity index (χ4v) is 5.70. The van der Waals surface area contributed by atoms with Gasteiger partial charge in [-0.1, -0.05) is 6.42 Å². The van der Waals surface area contributed by atoms with Gasteiger partial charge in [0.05, 0.1) is 12.1 Å². The van der Waals surface area contributed by atoms with Crippen LogP contribution < -0.4 is 10.2 Å². The van der Waals surface area contributed by atoms with Crippen molar-refractivity contribution in [1.29, 1.82) is 0 Å². The highest BCUT2D eigenvalue weighted by atomic mass is 32.1. The second-order valence-corrected chi connectivity index (χ2v) is 8.48. The van der Waals surface area contributed by atoms with Gasteiger partial charge in [-0.2, -0.15) is 0 Å². The molecule has 1 aliphatic heterocycles. The molecule has 0 radical (unpaired) electrons. The highest BCUT2D eigenvalue weighted by Crippen LogP contribution is 2.49. The number of fused-ring (bicyclic) bond motifs is 2. The molecule has 4 atom stereocenters. The van der Waals surface area contributed by atoms with Gasteiger partial charge < -0.3 is 5.32 Å². The summed E-state index contributed by atoms with van der Waals surface area (Å²) in [6, 6.07) is 0.256. The van der Waals surface area contributed by atoms with Gasteiger partial charge in [0, 0.05) is 24.4 Å². The lowest BCUT2D eigenvalue weighted by Gasteiger charge is -2.28. The number of aromatic nitrogens is 1. The van der Waals surface area contributed by atoms with Crippen molar-refractivity contribution in [2.45, 2.75) is 57.9 Å². The van der Waals surface area contributed by atoms with E-state index in [4.69, 9.17) is 0 Å². The minimum absolute atomic E-state index is 0.0508. The minimum Gasteiger partial charge on any atom is -0.353 e. The van der Waals surface area contributed by atoms with E-state index in [0.29, 0.717) is 18.8 Å². The van der Waals surface area contributed by atoms with E-state index in [1.54, 1.807) is 4.90 Å². The summed E-state index contributed by atoms with van der Waals surface area (Å²) in [7, 11) is 0. The molecule has 2 saturated carbocycles. The van der Waals surface area contributed by atoms with Crippen LogP contribution >= 0.6 is 11.3 Å². The number of carbonyl (C=O) groups is 2. The Labute approximate surface area is 146 Å². The molecule has 1 aromatic heterocycles. The van der Waals surface area contributed by atoms with Crippen molar-refractivity contribution in [2.24, 2.45) is 17.8 Å². The van der Waals surface area contributed by atoms with Crippen molar-refractivity contribution in [1.82, 2.24) is 10.3 Å². The van der Waals surface area contributed by atoms with Crippen molar-refractivity contribution in [3.8, 4) is 0 Å². The first-order valence-corrected chi connectivity index (χ1v) is 10.0. The van der Waals surface area contributed by atoms with Gasteiger partial charge in [0.1, 0.15) is 0 Å². The van der Waals surface area contributed by atoms with Crippen LogP contribution in [0.3, 0.4) is 0 Å². The zero-order valence-electron chi connectivity index (χ0n) is 14.2. The van der Waals surface area contributed by atoms with Gasteiger partial charge in [-0.05, 0) is 50.4 Å². The summed E-state index contributed by atoms with van der Waals surface area (Å²) in [5.74, 6) is 2.57. The number of thiazole rings is 1. The van der Waals surface area contributed by atoms with Gasteiger partial charge in [-0.3, -0.25) is 14.5 Å². The average Bonchev–Trinajstić information content (AvgIpc) is 3.30. The van der Waals surface area contributed by atoms with E-state index < -0.39 is 0 Å². The normalized spacial score (nSPS) is 30.1. The Kier molecular flexibility index (Phi) is 4.33. The number of nitrogens with one attached hydrogen (secondary N) is 1. The molecular formula is C18H25N3O2S. The number of hydrogen-bond acceptors (Lipinski definition) is 4. The Morgan fingerprint density at radius 3 is 3.00 bits per heavy atom. The van der Waals surface area contributed by atoms with Crippen molar-refractivity contribution in [3.05, 3.63) is 11.1 Å². The molecule has 5 nitrogen and oxygen atoms in total. The van der Waals surface area contributed by atoms with Gasteiger partial charge >= 0.3 is 0 Å². The van der Waals surface area contributed by atoms with E-state index >= 15 is 0 Å². The minimum atomic E-state index is 0.0508. The molecule has 2 aliphatic carbocycles. The summed E-state index contributed by atoms with van der Waals surface area (Å²) < 4.78 is 0. The van der Waals surface area contributed by atoms with Gasteiger partial charge in [0.2, 0.25) is 11.8 Å². The molecule has 24 heavy (non-hydrogen) atoms. The van der Waals surface area contributed by atoms with Crippen molar-refractivity contribution in [3.63, 3.8) is 0 Å². The van der Waals surface area contributed by atoms with Gasteiger partial charge in [0.15, 0.2) is 5.13 Å². The maximum Gasteiger partial charge on any atom is 0.228 e. The van der Waals surface area contributed by atoms with Crippen molar-refractivity contribution in [2.75, 3.05) is 11.4 Å². The predicted octanol–water partition coefficient (Wildman–Crippen LogP) is 2.75. The molecular weight excluding hydrogens is 322 g/mol. The van der Waals surface area contributed by atoms with Crippen LogP contribution in [-0.4, -0.2) is 29.4 Å². The summed E-state index contributed by atoms with van der Waals surface area (Å²) in [5, 5.41) is 5.83. The monoisotopic (exact) mass is 347 g/mol. The van der Waals surface area contributed by atoms with E-state index in [0.717, 1.165) is 35.6 Å². The molecule has 1 saturated heterocycles. The van der Waals surface area contributed by atoms with Crippen molar-refractivity contribution >= 4 is 28.3 Å². The van der Waals surface area contributed by atoms with Gasteiger partial charge in [-0.25, -0.2) is 4.98 Å². The molecule has 3 aliphatic rings. The number of rotatable bonds is 5. The number of carbonyl (C=O) groups excluding carboxylic acids is 2. The fraction of sp³-hybridized carbons (Fsp3) is 0.722. The smallest absolute Gasteiger partial charge is 0.228 e. The molecule has 0 aromatic carbocycles. The summed E-state index contributed by atoms with van der Waals surface area (Å²) in [5.41, 5.74) is 0.771. The lowest BCUT2D eigenvalue weighted by Crippen LogP contribution is -2.40. The van der Waals surface area contributed by atoms with E-state index in [1.165, 1.54) is 37.0 Å². The van der Waals surface area contributed by atoms with Crippen LogP contribution in [0.1, 0.15) is 51.1 Å². The molecule has 130 valence electrons. The Morgan fingerprint density at radius 2 is 2.33 bits per heavy atom. The molecule has 4 rings (SSSR count). The summed E-state index contributed by atoms with van der Waals surface area (Å²) in [6.45, 7) is 2.90. The van der Waals surface area contributed by atoms with Crippen molar-refractivity contribution < 1.29 is 9.59 Å². The SMILES string of the molecule is C[C@@H](NC(=O)Cc1csc(N2CCCC2=O)n1)[C@H]1C[C@H]2CC[C@H]1C2. The molecule has 3 fully saturated rings. The Morgan fingerprint density at radius 1 is 1.46 bits per heavy atom. The topological polar surface area (TPSA) is 62.3 Å². The first-order chi connectivity index (χ1) is 11.6. The van der Waals surface area contributed by atoms with E-state index in [2.05, 4.69) is 17.2 Å². The number of nitrogens with zero attached hydrogens (tertiary/aromatic N) is 2. The van der Waals surface area contributed by atoms with Crippen LogP contribution in [0.4, 0.5) is 5.13 Å². The largest absolute Gasteiger partial charge is 0.353 e. The standard InChI is InChI=1S/C18H25N3O2S/c1-11(15-8-12-4-5-13(15)7-12)19-16(22)9-14-10-24-18(20-14)21-6-2-3-17(21)23/h10-13,15H,2-9H2,1H3,(H,19,22)/t11-,12+,13+,15-/m1/s1. The summed E-state index contributed by atoms with van der Waals surface area (Å²) in [4.78, 5) is 30.4. The molecule has 2 amide bonds. The third-order valence-electron chi connectivity index (χ3n) is 6.01. The maximum atomic E-state index is 12.4. The fourth-order valence-electron chi connectivity index (χ4n) is 4.83. The lowest BCUT2D eigenvalue weighted by atomic mass is 9.84. The molecule has 6 heteroatoms. The van der Waals surface area contributed by atoms with Gasteiger partial charge in [0.25, 0.3) is 0 Å². The van der Waals surface area contributed by atoms with Crippen LogP contribution in [0.25, 0.3) is 0 Å². The zero-order chi connectivity index (χ0) is 16.7. The van der Waals surface area contributed by atoms with E-state index in [9.17, 15) is 9.59 Å². The third-order valence-corrected chi connectivity index (χ3v) is 6.92. The second kappa shape index (κ2) is 6.47. The molecule has 2 heterocycles. The summed E-state index contributed by atoms with van der Waals surface area (Å²) >= 11 is 1.46. The average molecular weight is 347 g/mol. The van der Waals surface area contributed by atoms with Crippen LogP contribution in [0.15, 0.2) is 5.38 Å². The van der Waals surface area contributed by atoms with Crippen LogP contribution in [0, 0.1) is 17.8 Å². The molecule has 2 bridgehead atoms. The number of hydrogen-bond donors (Lipinski definition) is 1. The maximum absolute atomic E-state index is 12.4.